The largest absolute Gasteiger partial charge is 0.462 e. The van der Waals surface area contributed by atoms with Gasteiger partial charge in [-0.15, -0.1) is 0 Å². The minimum Gasteiger partial charge on any atom is -0.462 e. The van der Waals surface area contributed by atoms with E-state index >= 15 is 0 Å². The zero-order valence-corrected chi connectivity index (χ0v) is 54.7. The molecule has 83 heavy (non-hydrogen) atoms. The molecule has 0 aliphatic carbocycles. The van der Waals surface area contributed by atoms with Gasteiger partial charge in [-0.2, -0.15) is 0 Å². The van der Waals surface area contributed by atoms with Crippen molar-refractivity contribution in [1.29, 1.82) is 0 Å². The van der Waals surface area contributed by atoms with Gasteiger partial charge < -0.3 is 14.2 Å². The summed E-state index contributed by atoms with van der Waals surface area (Å²) in [6.45, 7) is 6.44. The molecule has 0 aliphatic rings. The minimum atomic E-state index is -0.791. The molecule has 0 aromatic rings. The highest BCUT2D eigenvalue weighted by molar-refractivity contribution is 5.71. The van der Waals surface area contributed by atoms with Gasteiger partial charge in [0, 0.05) is 19.3 Å². The second kappa shape index (κ2) is 70.6. The Balaban J connectivity index is 4.28. The first-order chi connectivity index (χ1) is 41.0. The summed E-state index contributed by atoms with van der Waals surface area (Å²) in [6.07, 6.45) is 96.9. The van der Waals surface area contributed by atoms with Gasteiger partial charge in [-0.1, -0.05) is 329 Å². The topological polar surface area (TPSA) is 78.9 Å². The molecule has 0 N–H and O–H groups in total. The molecule has 6 nitrogen and oxygen atoms in total. The van der Waals surface area contributed by atoms with Crippen molar-refractivity contribution in [2.75, 3.05) is 13.2 Å². The van der Waals surface area contributed by atoms with E-state index in [1.54, 1.807) is 0 Å². The Kier molecular flexibility index (Phi) is 67.2. The van der Waals surface area contributed by atoms with Crippen molar-refractivity contribution < 1.29 is 28.6 Å². The van der Waals surface area contributed by atoms with E-state index in [-0.39, 0.29) is 31.1 Å². The van der Waals surface area contributed by atoms with Gasteiger partial charge in [-0.25, -0.2) is 0 Å². The number of unbranched alkanes of at least 4 members (excludes halogenated alkanes) is 35. The second-order valence-corrected chi connectivity index (χ2v) is 23.4. The first-order valence-electron chi connectivity index (χ1n) is 35.4. The first-order valence-corrected chi connectivity index (χ1v) is 35.4. The maximum Gasteiger partial charge on any atom is 0.306 e. The van der Waals surface area contributed by atoms with Gasteiger partial charge in [0.2, 0.25) is 0 Å². The van der Waals surface area contributed by atoms with Gasteiger partial charge in [-0.05, 0) is 103 Å². The lowest BCUT2D eigenvalue weighted by Gasteiger charge is -2.18. The molecule has 0 rings (SSSR count). The van der Waals surface area contributed by atoms with Crippen LogP contribution in [0.15, 0.2) is 109 Å². The molecule has 476 valence electrons. The molecule has 6 heteroatoms. The zero-order chi connectivity index (χ0) is 59.9. The SMILES string of the molecule is CC/C=C\C/C=C\C/C=C\C/C=C\C/C=C\CCCCCCCCCCCCCCCCCC(=O)OCC(COC(=O)CCCCCCCCCCCCCCCCCCC)OC(=O)CCCCCC/C=C\C/C=C\C/C=C\C/C=C\CC. The molecule has 0 aliphatic heterocycles. The lowest BCUT2D eigenvalue weighted by Crippen LogP contribution is -2.30. The van der Waals surface area contributed by atoms with Crippen LogP contribution in [0, 0.1) is 0 Å². The van der Waals surface area contributed by atoms with Crippen molar-refractivity contribution in [2.45, 2.75) is 348 Å². The van der Waals surface area contributed by atoms with Crippen molar-refractivity contribution in [1.82, 2.24) is 0 Å². The van der Waals surface area contributed by atoms with E-state index < -0.39 is 6.10 Å². The van der Waals surface area contributed by atoms with Crippen LogP contribution in [0.3, 0.4) is 0 Å². The number of rotatable bonds is 64. The monoisotopic (exact) mass is 1150 g/mol. The molecular formula is C77H132O6. The van der Waals surface area contributed by atoms with Crippen LogP contribution in [-0.4, -0.2) is 37.2 Å². The molecule has 0 saturated heterocycles. The Hall–Kier alpha value is -3.93. The second-order valence-electron chi connectivity index (χ2n) is 23.4. The Labute approximate surface area is 514 Å². The molecule has 0 radical (unpaired) electrons. The lowest BCUT2D eigenvalue weighted by molar-refractivity contribution is -0.167. The maximum absolute atomic E-state index is 12.9. The molecule has 0 amide bonds. The van der Waals surface area contributed by atoms with Gasteiger partial charge in [0.25, 0.3) is 0 Å². The molecule has 0 aromatic heterocycles. The van der Waals surface area contributed by atoms with E-state index in [0.717, 1.165) is 128 Å². The van der Waals surface area contributed by atoms with Crippen molar-refractivity contribution in [3.63, 3.8) is 0 Å². The number of hydrogen-bond donors (Lipinski definition) is 0. The van der Waals surface area contributed by atoms with Crippen LogP contribution in [0.25, 0.3) is 0 Å². The van der Waals surface area contributed by atoms with Gasteiger partial charge in [0.05, 0.1) is 0 Å². The summed E-state index contributed by atoms with van der Waals surface area (Å²) in [5, 5.41) is 0. The highest BCUT2D eigenvalue weighted by Gasteiger charge is 2.19. The number of esters is 3. The van der Waals surface area contributed by atoms with Gasteiger partial charge in [0.15, 0.2) is 6.10 Å². The van der Waals surface area contributed by atoms with Crippen molar-refractivity contribution in [3.8, 4) is 0 Å². The normalized spacial score (nSPS) is 12.8. The summed E-state index contributed by atoms with van der Waals surface area (Å²) in [6, 6.07) is 0. The number of ether oxygens (including phenoxy) is 3. The van der Waals surface area contributed by atoms with Gasteiger partial charge >= 0.3 is 17.9 Å². The average Bonchev–Trinajstić information content (AvgIpc) is 3.49. The standard InChI is InChI=1S/C77H132O6/c1-4-7-10-13-16-19-22-25-28-31-32-33-34-35-36-37-38-39-40-41-42-43-44-47-49-52-55-58-61-64-67-70-76(79)82-73-74(83-77(80)71-68-65-62-59-56-53-50-46-30-27-24-21-18-15-12-9-6-3)72-81-75(78)69-66-63-60-57-54-51-48-45-29-26-23-20-17-14-11-8-5-2/h7,9-10,12,16,18-19,21,25,27-28,30,32-33,35-36,50,53,74H,4-6,8,11,13-15,17,20,22-24,26,29,31,34,37-49,51-52,54-73H2,1-3H3/b10-7-,12-9-,19-16-,21-18-,28-25-,30-27-,33-32-,36-35-,53-50-. The summed E-state index contributed by atoms with van der Waals surface area (Å²) in [5.41, 5.74) is 0. The third-order valence-corrected chi connectivity index (χ3v) is 15.3. The van der Waals surface area contributed by atoms with E-state index in [0.29, 0.717) is 19.3 Å². The highest BCUT2D eigenvalue weighted by atomic mass is 16.6. The smallest absolute Gasteiger partial charge is 0.306 e. The van der Waals surface area contributed by atoms with E-state index in [1.165, 1.54) is 173 Å². The maximum atomic E-state index is 12.9. The molecule has 0 spiro atoms. The van der Waals surface area contributed by atoms with Gasteiger partial charge in [0.1, 0.15) is 13.2 Å². The highest BCUT2D eigenvalue weighted by Crippen LogP contribution is 2.17. The van der Waals surface area contributed by atoms with E-state index in [2.05, 4.69) is 130 Å². The lowest BCUT2D eigenvalue weighted by atomic mass is 10.0. The molecule has 0 heterocycles. The Morgan fingerprint density at radius 3 is 0.735 bits per heavy atom. The predicted octanol–water partition coefficient (Wildman–Crippen LogP) is 24.6. The van der Waals surface area contributed by atoms with Crippen LogP contribution in [0.5, 0.6) is 0 Å². The number of hydrogen-bond acceptors (Lipinski definition) is 6. The third kappa shape index (κ3) is 68.7. The van der Waals surface area contributed by atoms with Crippen LogP contribution in [0.1, 0.15) is 342 Å². The fourth-order valence-electron chi connectivity index (χ4n) is 10.1. The summed E-state index contributed by atoms with van der Waals surface area (Å²) >= 11 is 0. The molecule has 1 unspecified atom stereocenters. The quantitative estimate of drug-likeness (QED) is 0.0261. The van der Waals surface area contributed by atoms with E-state index in [1.807, 2.05) is 0 Å². The molecule has 0 fully saturated rings. The van der Waals surface area contributed by atoms with Crippen molar-refractivity contribution >= 4 is 17.9 Å². The molecule has 0 saturated carbocycles. The number of carbonyl (C=O) groups is 3. The van der Waals surface area contributed by atoms with Crippen LogP contribution < -0.4 is 0 Å². The minimum absolute atomic E-state index is 0.0842. The summed E-state index contributed by atoms with van der Waals surface area (Å²) in [5.74, 6) is -0.892. The molecule has 0 aromatic carbocycles. The Morgan fingerprint density at radius 1 is 0.253 bits per heavy atom. The molecular weight excluding hydrogens is 1020 g/mol. The average molecular weight is 1150 g/mol. The summed E-state index contributed by atoms with van der Waals surface area (Å²) in [4.78, 5) is 38.4. The number of allylic oxidation sites excluding steroid dienone is 18. The third-order valence-electron chi connectivity index (χ3n) is 15.3. The first kappa shape index (κ1) is 79.1. The van der Waals surface area contributed by atoms with Crippen LogP contribution in [-0.2, 0) is 28.6 Å². The Bertz CT molecular complexity index is 1660. The van der Waals surface area contributed by atoms with Crippen LogP contribution in [0.4, 0.5) is 0 Å². The van der Waals surface area contributed by atoms with Crippen LogP contribution in [0.2, 0.25) is 0 Å². The summed E-state index contributed by atoms with van der Waals surface area (Å²) in [7, 11) is 0. The predicted molar refractivity (Wildman–Crippen MR) is 362 cm³/mol. The molecule has 1 atom stereocenters. The van der Waals surface area contributed by atoms with Crippen LogP contribution >= 0.6 is 0 Å². The van der Waals surface area contributed by atoms with Crippen molar-refractivity contribution in [3.05, 3.63) is 109 Å². The number of carbonyl (C=O) groups excluding carboxylic acids is 3. The van der Waals surface area contributed by atoms with E-state index in [9.17, 15) is 14.4 Å². The Morgan fingerprint density at radius 2 is 0.470 bits per heavy atom. The molecule has 0 bridgehead atoms. The fraction of sp³-hybridized carbons (Fsp3) is 0.727. The van der Waals surface area contributed by atoms with E-state index in [4.69, 9.17) is 14.2 Å². The fourth-order valence-corrected chi connectivity index (χ4v) is 10.1. The van der Waals surface area contributed by atoms with Crippen molar-refractivity contribution in [2.24, 2.45) is 0 Å². The summed E-state index contributed by atoms with van der Waals surface area (Å²) < 4.78 is 17.0. The zero-order valence-electron chi connectivity index (χ0n) is 54.7. The van der Waals surface area contributed by atoms with Gasteiger partial charge in [-0.3, -0.25) is 14.4 Å².